The number of hydrogen-bond donors (Lipinski definition) is 0. The quantitative estimate of drug-likeness (QED) is 0.325. The average Bonchev–Trinajstić information content (AvgIpc) is 3.33. The molecule has 0 bridgehead atoms. The molecule has 174 valence electrons. The van der Waals surface area contributed by atoms with Gasteiger partial charge in [-0.1, -0.05) is 18.2 Å². The minimum atomic E-state index is -4.40. The van der Waals surface area contributed by atoms with Gasteiger partial charge in [-0.3, -0.25) is 0 Å². The zero-order valence-corrected chi connectivity index (χ0v) is 19.1. The fourth-order valence-corrected chi connectivity index (χ4v) is 6.32. The molecule has 0 N–H and O–H groups in total. The van der Waals surface area contributed by atoms with E-state index in [0.717, 1.165) is 28.8 Å². The highest BCUT2D eigenvalue weighted by molar-refractivity contribution is 7.93. The maximum Gasteiger partial charge on any atom is 0.416 e. The molecule has 4 aromatic rings. The fraction of sp³-hybridized carbons (Fsp3) is 0.125. The van der Waals surface area contributed by atoms with Crippen LogP contribution in [-0.4, -0.2) is 19.9 Å². The van der Waals surface area contributed by atoms with Gasteiger partial charge in [0.05, 0.1) is 10.5 Å². The molecule has 5 nitrogen and oxygen atoms in total. The van der Waals surface area contributed by atoms with Gasteiger partial charge in [0.2, 0.25) is 0 Å². The Kier molecular flexibility index (Phi) is 5.57. The summed E-state index contributed by atoms with van der Waals surface area (Å²) in [6.07, 6.45) is -2.25. The van der Waals surface area contributed by atoms with E-state index in [1.807, 2.05) is 18.2 Å². The van der Waals surface area contributed by atoms with E-state index < -0.39 is 21.8 Å². The topological polar surface area (TPSA) is 59.5 Å². The Bertz CT molecular complexity index is 1420. The van der Waals surface area contributed by atoms with Crippen molar-refractivity contribution in [2.45, 2.75) is 17.5 Å². The summed E-state index contributed by atoms with van der Waals surface area (Å²) in [5, 5.41) is 2.20. The second kappa shape index (κ2) is 8.44. The first kappa shape index (κ1) is 22.4. The molecule has 34 heavy (non-hydrogen) atoms. The molecule has 0 aliphatic carbocycles. The molecule has 1 aliphatic heterocycles. The van der Waals surface area contributed by atoms with Gasteiger partial charge in [0.25, 0.3) is 10.0 Å². The summed E-state index contributed by atoms with van der Waals surface area (Å²) < 4.78 is 71.2. The molecule has 0 saturated carbocycles. The van der Waals surface area contributed by atoms with Crippen LogP contribution in [0.1, 0.15) is 11.1 Å². The molecule has 0 spiro atoms. The van der Waals surface area contributed by atoms with Crippen molar-refractivity contribution in [3.05, 3.63) is 89.4 Å². The lowest BCUT2D eigenvalue weighted by Crippen LogP contribution is -2.37. The molecule has 0 saturated heterocycles. The van der Waals surface area contributed by atoms with E-state index in [2.05, 4.69) is 4.98 Å². The van der Waals surface area contributed by atoms with Crippen LogP contribution in [0.2, 0.25) is 0 Å². The lowest BCUT2D eigenvalue weighted by atomic mass is 10.0. The number of nitrogens with zero attached hydrogens (tertiary/aromatic N) is 2. The molecule has 1 aliphatic rings. The second-order valence-corrected chi connectivity index (χ2v) is 10.3. The zero-order chi connectivity index (χ0) is 23.9. The number of sulfonamides is 1. The van der Waals surface area contributed by atoms with Crippen molar-refractivity contribution in [1.29, 1.82) is 0 Å². The van der Waals surface area contributed by atoms with Gasteiger partial charge in [0.1, 0.15) is 11.5 Å². The van der Waals surface area contributed by atoms with Crippen LogP contribution in [0.3, 0.4) is 0 Å². The standard InChI is InChI=1S/C24H17F3N2O3S2/c25-24(26,27)19-4-8-21(9-5-19)32-20-6-1-16(2-7-20)17-3-10-22-18(15-17)11-13-29(34(22,30)31)23-28-12-14-33-23/h1-10,12,14-15H,11,13H2. The first-order valence-electron chi connectivity index (χ1n) is 10.2. The van der Waals surface area contributed by atoms with Gasteiger partial charge in [-0.2, -0.15) is 13.2 Å². The molecule has 10 heteroatoms. The maximum absolute atomic E-state index is 13.1. The number of thiazole rings is 1. The Hall–Kier alpha value is -3.37. The molecule has 1 aromatic heterocycles. The van der Waals surface area contributed by atoms with E-state index in [4.69, 9.17) is 4.74 Å². The maximum atomic E-state index is 13.1. The van der Waals surface area contributed by atoms with Crippen LogP contribution in [0.4, 0.5) is 18.3 Å². The Morgan fingerprint density at radius 2 is 1.56 bits per heavy atom. The first-order chi connectivity index (χ1) is 16.2. The Balaban J connectivity index is 1.35. The van der Waals surface area contributed by atoms with Crippen molar-refractivity contribution in [3.63, 3.8) is 0 Å². The van der Waals surface area contributed by atoms with E-state index in [9.17, 15) is 21.6 Å². The number of rotatable bonds is 4. The van der Waals surface area contributed by atoms with Crippen molar-refractivity contribution in [2.75, 3.05) is 10.8 Å². The van der Waals surface area contributed by atoms with Crippen molar-refractivity contribution < 1.29 is 26.3 Å². The summed E-state index contributed by atoms with van der Waals surface area (Å²) in [7, 11) is -3.67. The van der Waals surface area contributed by atoms with Crippen molar-refractivity contribution in [2.24, 2.45) is 0 Å². The van der Waals surface area contributed by atoms with E-state index in [1.54, 1.807) is 35.8 Å². The number of benzene rings is 3. The molecule has 0 unspecified atom stereocenters. The number of halogens is 3. The number of hydrogen-bond acceptors (Lipinski definition) is 5. The average molecular weight is 503 g/mol. The number of anilines is 1. The highest BCUT2D eigenvalue weighted by Crippen LogP contribution is 2.35. The summed E-state index contributed by atoms with van der Waals surface area (Å²) in [6.45, 7) is 0.326. The van der Waals surface area contributed by atoms with Gasteiger partial charge in [-0.25, -0.2) is 17.7 Å². The summed E-state index contributed by atoms with van der Waals surface area (Å²) >= 11 is 1.28. The second-order valence-electron chi connectivity index (χ2n) is 7.61. The molecule has 2 heterocycles. The molecule has 0 fully saturated rings. The highest BCUT2D eigenvalue weighted by atomic mass is 32.2. The normalized spacial score (nSPS) is 15.1. The van der Waals surface area contributed by atoms with Crippen molar-refractivity contribution >= 4 is 26.5 Å². The summed E-state index contributed by atoms with van der Waals surface area (Å²) in [6, 6.07) is 16.8. The number of aromatic nitrogens is 1. The number of alkyl halides is 3. The molecule has 0 amide bonds. The predicted molar refractivity (Wildman–Crippen MR) is 124 cm³/mol. The third kappa shape index (κ3) is 4.26. The Morgan fingerprint density at radius 1 is 0.912 bits per heavy atom. The molecule has 0 atom stereocenters. The zero-order valence-electron chi connectivity index (χ0n) is 17.5. The minimum absolute atomic E-state index is 0.278. The van der Waals surface area contributed by atoms with Crippen LogP contribution >= 0.6 is 11.3 Å². The van der Waals surface area contributed by atoms with Crippen LogP contribution in [-0.2, 0) is 22.6 Å². The monoisotopic (exact) mass is 502 g/mol. The number of ether oxygens (including phenoxy) is 1. The van der Waals surface area contributed by atoms with E-state index in [1.165, 1.54) is 27.8 Å². The largest absolute Gasteiger partial charge is 0.457 e. The molecule has 0 radical (unpaired) electrons. The van der Waals surface area contributed by atoms with Crippen LogP contribution < -0.4 is 9.04 Å². The van der Waals surface area contributed by atoms with Gasteiger partial charge in [0, 0.05) is 18.1 Å². The van der Waals surface area contributed by atoms with Crippen LogP contribution in [0.15, 0.2) is 83.2 Å². The third-order valence-electron chi connectivity index (χ3n) is 5.45. The van der Waals surface area contributed by atoms with Crippen LogP contribution in [0.5, 0.6) is 11.5 Å². The van der Waals surface area contributed by atoms with Gasteiger partial charge < -0.3 is 4.74 Å². The SMILES string of the molecule is O=S1(=O)c2ccc(-c3ccc(Oc4ccc(C(F)(F)F)cc4)cc3)cc2CCN1c1nccs1. The summed E-state index contributed by atoms with van der Waals surface area (Å²) in [5.74, 6) is 0.771. The molecular formula is C24H17F3N2O3S2. The van der Waals surface area contributed by atoms with Gasteiger partial charge in [-0.05, 0) is 71.6 Å². The first-order valence-corrected chi connectivity index (χ1v) is 12.5. The lowest BCUT2D eigenvalue weighted by Gasteiger charge is -2.28. The summed E-state index contributed by atoms with van der Waals surface area (Å²) in [5.41, 5.74) is 1.73. The predicted octanol–water partition coefficient (Wildman–Crippen LogP) is 6.37. The smallest absolute Gasteiger partial charge is 0.416 e. The fourth-order valence-electron chi connectivity index (χ4n) is 3.77. The van der Waals surface area contributed by atoms with Crippen LogP contribution in [0.25, 0.3) is 11.1 Å². The lowest BCUT2D eigenvalue weighted by molar-refractivity contribution is -0.137. The van der Waals surface area contributed by atoms with Gasteiger partial charge in [0.15, 0.2) is 5.13 Å². The summed E-state index contributed by atoms with van der Waals surface area (Å²) in [4.78, 5) is 4.41. The Morgan fingerprint density at radius 3 is 2.18 bits per heavy atom. The van der Waals surface area contributed by atoms with Gasteiger partial charge >= 0.3 is 6.18 Å². The minimum Gasteiger partial charge on any atom is -0.457 e. The van der Waals surface area contributed by atoms with E-state index in [0.29, 0.717) is 29.6 Å². The molecule has 3 aromatic carbocycles. The highest BCUT2D eigenvalue weighted by Gasteiger charge is 2.33. The van der Waals surface area contributed by atoms with E-state index in [-0.39, 0.29) is 4.90 Å². The number of fused-ring (bicyclic) bond motifs is 1. The van der Waals surface area contributed by atoms with E-state index >= 15 is 0 Å². The third-order valence-corrected chi connectivity index (χ3v) is 8.25. The van der Waals surface area contributed by atoms with Crippen LogP contribution in [0, 0.1) is 0 Å². The molecular weight excluding hydrogens is 485 g/mol. The van der Waals surface area contributed by atoms with Gasteiger partial charge in [-0.15, -0.1) is 11.3 Å². The Labute approximate surface area is 198 Å². The van der Waals surface area contributed by atoms with Crippen molar-refractivity contribution in [3.8, 4) is 22.6 Å². The van der Waals surface area contributed by atoms with Crippen molar-refractivity contribution in [1.82, 2.24) is 4.98 Å². The molecule has 5 rings (SSSR count).